The van der Waals surface area contributed by atoms with Gasteiger partial charge in [-0.15, -0.1) is 0 Å². The molecule has 0 atom stereocenters. The van der Waals surface area contributed by atoms with Crippen LogP contribution in [0.2, 0.25) is 10.0 Å². The van der Waals surface area contributed by atoms with Crippen molar-refractivity contribution in [2.75, 3.05) is 23.0 Å². The minimum atomic E-state index is -4.33. The quantitative estimate of drug-likeness (QED) is 0.213. The number of fused-ring (bicyclic) bond motifs is 2. The van der Waals surface area contributed by atoms with E-state index in [1.807, 2.05) is 52.8 Å². The van der Waals surface area contributed by atoms with Gasteiger partial charge in [-0.25, -0.2) is 16.8 Å². The molecule has 4 rings (SSSR count). The van der Waals surface area contributed by atoms with E-state index in [1.165, 1.54) is 11.3 Å². The maximum atomic E-state index is 11.2. The molecule has 1 aliphatic heterocycles. The molecule has 0 saturated heterocycles. The zero-order valence-corrected chi connectivity index (χ0v) is 25.1. The molecule has 0 spiro atoms. The predicted molar refractivity (Wildman–Crippen MR) is 154 cm³/mol. The summed E-state index contributed by atoms with van der Waals surface area (Å²) in [6, 6.07) is 11.1. The molecule has 13 heteroatoms. The topological polar surface area (TPSA) is 122 Å². The van der Waals surface area contributed by atoms with Crippen molar-refractivity contribution in [3.05, 3.63) is 74.4 Å². The number of aromatic nitrogens is 1. The van der Waals surface area contributed by atoms with Crippen molar-refractivity contribution < 1.29 is 30.5 Å². The van der Waals surface area contributed by atoms with E-state index in [4.69, 9.17) is 23.2 Å². The lowest BCUT2D eigenvalue weighted by atomic mass is 10.1. The van der Waals surface area contributed by atoms with Gasteiger partial charge in [-0.1, -0.05) is 47.5 Å². The van der Waals surface area contributed by atoms with Gasteiger partial charge in [0.1, 0.15) is 4.70 Å². The molecule has 1 aromatic heterocycles. The zero-order valence-electron chi connectivity index (χ0n) is 21.1. The van der Waals surface area contributed by atoms with E-state index in [0.717, 1.165) is 37.7 Å². The van der Waals surface area contributed by atoms with Crippen LogP contribution in [-0.4, -0.2) is 44.0 Å². The molecule has 2 heterocycles. The van der Waals surface area contributed by atoms with E-state index in [9.17, 15) is 25.9 Å². The highest BCUT2D eigenvalue weighted by Crippen LogP contribution is 2.37. The second-order valence-electron chi connectivity index (χ2n) is 9.24. The van der Waals surface area contributed by atoms with Crippen LogP contribution in [0.4, 0.5) is 5.69 Å². The van der Waals surface area contributed by atoms with Crippen LogP contribution >= 0.6 is 34.5 Å². The van der Waals surface area contributed by atoms with Gasteiger partial charge in [-0.2, -0.15) is 4.57 Å². The summed E-state index contributed by atoms with van der Waals surface area (Å²) in [5, 5.41) is 2.00. The smallest absolute Gasteiger partial charge is 0.263 e. The lowest BCUT2D eigenvalue weighted by Crippen LogP contribution is -2.36. The van der Waals surface area contributed by atoms with Crippen LogP contribution in [0.15, 0.2) is 53.7 Å². The molecule has 210 valence electrons. The summed E-state index contributed by atoms with van der Waals surface area (Å²) in [5.74, 6) is -0.910. The number of anilines is 1. The van der Waals surface area contributed by atoms with E-state index < -0.39 is 31.7 Å². The van der Waals surface area contributed by atoms with Crippen molar-refractivity contribution in [2.24, 2.45) is 0 Å². The second-order valence-corrected chi connectivity index (χ2v) is 14.2. The lowest BCUT2D eigenvalue weighted by molar-refractivity contribution is -0.668. The Morgan fingerprint density at radius 1 is 1.03 bits per heavy atom. The first-order valence-corrected chi connectivity index (χ1v) is 17.0. The SMILES string of the molecule is CCC(=C/c1sc2ccc(Cl)cc2[n+]1CCCS(=O)(=O)[O-])/C=C1\Cc2ccc(Cl)cc2N1CCCS(=O)(=O)[O-]. The Morgan fingerprint density at radius 3 is 2.38 bits per heavy atom. The molecule has 39 heavy (non-hydrogen) atoms. The van der Waals surface area contributed by atoms with Gasteiger partial charge < -0.3 is 14.0 Å². The van der Waals surface area contributed by atoms with E-state index in [0.29, 0.717) is 36.0 Å². The first-order chi connectivity index (χ1) is 18.3. The van der Waals surface area contributed by atoms with Crippen LogP contribution in [0.5, 0.6) is 0 Å². The molecule has 8 nitrogen and oxygen atoms in total. The molecule has 0 aliphatic carbocycles. The number of thiazole rings is 1. The maximum Gasteiger partial charge on any atom is 0.263 e. The van der Waals surface area contributed by atoms with E-state index in [2.05, 4.69) is 6.08 Å². The monoisotopic (exact) mass is 629 g/mol. The zero-order chi connectivity index (χ0) is 28.4. The summed E-state index contributed by atoms with van der Waals surface area (Å²) < 4.78 is 70.1. The van der Waals surface area contributed by atoms with Gasteiger partial charge in [-0.3, -0.25) is 0 Å². The highest BCUT2D eigenvalue weighted by molar-refractivity contribution is 7.85. The largest absolute Gasteiger partial charge is 0.748 e. The molecule has 0 bridgehead atoms. The number of rotatable bonds is 11. The fourth-order valence-electron chi connectivity index (χ4n) is 4.61. The first kappa shape index (κ1) is 30.0. The van der Waals surface area contributed by atoms with Gasteiger partial charge >= 0.3 is 0 Å². The minimum Gasteiger partial charge on any atom is -0.748 e. The second kappa shape index (κ2) is 12.3. The van der Waals surface area contributed by atoms with Crippen LogP contribution < -0.4 is 9.47 Å². The number of hydrogen-bond acceptors (Lipinski definition) is 8. The molecule has 1 aliphatic rings. The number of halogens is 2. The third-order valence-electron chi connectivity index (χ3n) is 6.37. The number of nitrogens with zero attached hydrogens (tertiary/aromatic N) is 2. The summed E-state index contributed by atoms with van der Waals surface area (Å²) in [6.45, 7) is 2.71. The summed E-state index contributed by atoms with van der Waals surface area (Å²) in [7, 11) is -8.66. The van der Waals surface area contributed by atoms with Gasteiger partial charge in [0.05, 0.1) is 20.2 Å². The minimum absolute atomic E-state index is 0.171. The molecule has 0 amide bonds. The van der Waals surface area contributed by atoms with Crippen LogP contribution in [0, 0.1) is 0 Å². The standard InChI is InChI=1S/C26H28Cl2N2O6S3/c1-2-18(13-22-15-19-5-6-20(27)16-23(19)29(22)9-3-11-38(31,32)33)14-26-30(10-4-12-39(34,35)36)24-17-21(28)7-8-25(24)37-26/h5-8,13-14,16-17H,2-4,9-12,15H2,1H3,(H-,31,32,33,34,35,36)/p-1. The average molecular weight is 631 g/mol. The van der Waals surface area contributed by atoms with Gasteiger partial charge in [-0.05, 0) is 54.3 Å². The van der Waals surface area contributed by atoms with Crippen molar-refractivity contribution in [2.45, 2.75) is 39.2 Å². The van der Waals surface area contributed by atoms with Crippen molar-refractivity contribution in [3.8, 4) is 0 Å². The Kier molecular flexibility index (Phi) is 9.42. The summed E-state index contributed by atoms with van der Waals surface area (Å²) >= 11 is 14.0. The van der Waals surface area contributed by atoms with Crippen LogP contribution in [0.1, 0.15) is 36.8 Å². The fourth-order valence-corrected chi connectivity index (χ4v) is 7.05. The van der Waals surface area contributed by atoms with Crippen LogP contribution in [0.25, 0.3) is 16.3 Å². The van der Waals surface area contributed by atoms with E-state index in [1.54, 1.807) is 6.07 Å². The molecule has 0 unspecified atom stereocenters. The van der Waals surface area contributed by atoms with Crippen LogP contribution in [0.3, 0.4) is 0 Å². The Hall–Kier alpha value is -1.99. The molecule has 2 aromatic carbocycles. The van der Waals surface area contributed by atoms with Gasteiger partial charge in [0.15, 0.2) is 6.54 Å². The number of hydrogen-bond donors (Lipinski definition) is 0. The molecular formula is C26H27Cl2N2O6S3-. The first-order valence-electron chi connectivity index (χ1n) is 12.3. The normalized spacial score (nSPS) is 15.5. The number of allylic oxidation sites excluding steroid dienone is 3. The van der Waals surface area contributed by atoms with Crippen molar-refractivity contribution in [3.63, 3.8) is 0 Å². The Labute approximate surface area is 242 Å². The molecule has 0 N–H and O–H groups in total. The van der Waals surface area contributed by atoms with Crippen molar-refractivity contribution >= 4 is 76.8 Å². The third-order valence-corrected chi connectivity index (χ3v) is 9.53. The molecule has 0 fully saturated rings. The van der Waals surface area contributed by atoms with Crippen molar-refractivity contribution in [1.29, 1.82) is 0 Å². The van der Waals surface area contributed by atoms with Gasteiger partial charge in [0.25, 0.3) is 5.01 Å². The van der Waals surface area contributed by atoms with Gasteiger partial charge in [0, 0.05) is 64.5 Å². The molecule has 0 radical (unpaired) electrons. The maximum absolute atomic E-state index is 11.2. The van der Waals surface area contributed by atoms with E-state index >= 15 is 0 Å². The summed E-state index contributed by atoms with van der Waals surface area (Å²) in [5.41, 5.74) is 4.74. The highest BCUT2D eigenvalue weighted by Gasteiger charge is 2.25. The van der Waals surface area contributed by atoms with E-state index in [-0.39, 0.29) is 12.8 Å². The van der Waals surface area contributed by atoms with Crippen LogP contribution in [-0.2, 0) is 33.2 Å². The average Bonchev–Trinajstić information content (AvgIpc) is 3.34. The Bertz CT molecular complexity index is 1660. The highest BCUT2D eigenvalue weighted by atomic mass is 35.5. The van der Waals surface area contributed by atoms with Crippen molar-refractivity contribution in [1.82, 2.24) is 0 Å². The molecule has 0 saturated carbocycles. The fraction of sp³-hybridized carbons (Fsp3) is 0.346. The third kappa shape index (κ3) is 8.03. The summed E-state index contributed by atoms with van der Waals surface area (Å²) in [4.78, 5) is 2.01. The summed E-state index contributed by atoms with van der Waals surface area (Å²) in [6.07, 6.45) is 5.76. The molecule has 3 aromatic rings. The Balaban J connectivity index is 1.71. The number of aryl methyl sites for hydroxylation is 1. The predicted octanol–water partition coefficient (Wildman–Crippen LogP) is 5.11. The van der Waals surface area contributed by atoms with Gasteiger partial charge in [0.2, 0.25) is 5.52 Å². The Morgan fingerprint density at radius 2 is 1.69 bits per heavy atom. The number of benzene rings is 2. The molecular weight excluding hydrogens is 603 g/mol. The lowest BCUT2D eigenvalue weighted by Gasteiger charge is -2.22.